The Morgan fingerprint density at radius 1 is 0.921 bits per heavy atom. The van der Waals surface area contributed by atoms with Gasteiger partial charge in [-0.3, -0.25) is 9.52 Å². The number of anilines is 1. The van der Waals surface area contributed by atoms with E-state index in [9.17, 15) is 26.4 Å². The Hall–Kier alpha value is -3.86. The van der Waals surface area contributed by atoms with Gasteiger partial charge in [0.15, 0.2) is 0 Å². The van der Waals surface area contributed by atoms with E-state index in [2.05, 4.69) is 10.0 Å². The van der Waals surface area contributed by atoms with Crippen molar-refractivity contribution in [3.05, 3.63) is 95.1 Å². The predicted molar refractivity (Wildman–Crippen MR) is 136 cm³/mol. The number of amides is 1. The maximum atomic E-state index is 12.8. The van der Waals surface area contributed by atoms with Crippen LogP contribution >= 0.6 is 0 Å². The van der Waals surface area contributed by atoms with Gasteiger partial charge in [0.1, 0.15) is 0 Å². The lowest BCUT2D eigenvalue weighted by atomic mass is 9.94. The molecule has 1 aliphatic rings. The molecule has 3 N–H and O–H groups in total. The smallest absolute Gasteiger partial charge is 0.475 e. The molecule has 3 aromatic carbocycles. The SMILES string of the molecule is Cc1ccc(S(=O)(=O)Nc2ccc(C3(C(=O)NCc4ccccc4)CC3)cc2)cc1C.O=C(O)C(F)(F)F. The van der Waals surface area contributed by atoms with Crippen LogP contribution in [-0.2, 0) is 31.6 Å². The lowest BCUT2D eigenvalue weighted by molar-refractivity contribution is -0.192. The van der Waals surface area contributed by atoms with Gasteiger partial charge in [-0.25, -0.2) is 13.2 Å². The van der Waals surface area contributed by atoms with Gasteiger partial charge >= 0.3 is 12.1 Å². The van der Waals surface area contributed by atoms with Gasteiger partial charge in [-0.05, 0) is 73.2 Å². The Morgan fingerprint density at radius 3 is 2.00 bits per heavy atom. The van der Waals surface area contributed by atoms with Crippen molar-refractivity contribution in [2.75, 3.05) is 4.72 Å². The number of hydrogen-bond donors (Lipinski definition) is 3. The fourth-order valence-corrected chi connectivity index (χ4v) is 4.82. The largest absolute Gasteiger partial charge is 0.490 e. The van der Waals surface area contributed by atoms with E-state index >= 15 is 0 Å². The molecule has 0 radical (unpaired) electrons. The predicted octanol–water partition coefficient (Wildman–Crippen LogP) is 5.09. The average Bonchev–Trinajstić information content (AvgIpc) is 3.67. The Balaban J connectivity index is 0.000000505. The molecule has 0 bridgehead atoms. The molecule has 38 heavy (non-hydrogen) atoms. The van der Waals surface area contributed by atoms with Crippen LogP contribution in [0.3, 0.4) is 0 Å². The quantitative estimate of drug-likeness (QED) is 0.381. The van der Waals surface area contributed by atoms with E-state index in [0.29, 0.717) is 12.2 Å². The van der Waals surface area contributed by atoms with Crippen molar-refractivity contribution in [3.63, 3.8) is 0 Å². The van der Waals surface area contributed by atoms with E-state index in [4.69, 9.17) is 9.90 Å². The van der Waals surface area contributed by atoms with Crippen molar-refractivity contribution in [3.8, 4) is 0 Å². The molecule has 1 saturated carbocycles. The Labute approximate surface area is 218 Å². The molecule has 1 aliphatic carbocycles. The first-order valence-corrected chi connectivity index (χ1v) is 13.1. The second-order valence-electron chi connectivity index (χ2n) is 8.98. The molecule has 0 spiro atoms. The van der Waals surface area contributed by atoms with Crippen LogP contribution in [-0.4, -0.2) is 31.6 Å². The van der Waals surface area contributed by atoms with Crippen LogP contribution in [0.2, 0.25) is 0 Å². The number of carboxylic acids is 1. The number of aliphatic carboxylic acids is 1. The van der Waals surface area contributed by atoms with Crippen molar-refractivity contribution in [1.82, 2.24) is 5.32 Å². The van der Waals surface area contributed by atoms with Crippen molar-refractivity contribution in [2.24, 2.45) is 0 Å². The summed E-state index contributed by atoms with van der Waals surface area (Å²) in [5, 5.41) is 10.2. The zero-order valence-electron chi connectivity index (χ0n) is 20.7. The minimum Gasteiger partial charge on any atom is -0.475 e. The Bertz CT molecular complexity index is 1400. The summed E-state index contributed by atoms with van der Waals surface area (Å²) in [5.41, 5.74) is 3.90. The molecule has 1 fully saturated rings. The number of carbonyl (C=O) groups excluding carboxylic acids is 1. The molecule has 0 saturated heterocycles. The second-order valence-corrected chi connectivity index (χ2v) is 10.7. The summed E-state index contributed by atoms with van der Waals surface area (Å²) < 4.78 is 59.8. The van der Waals surface area contributed by atoms with Crippen molar-refractivity contribution >= 4 is 27.6 Å². The molecule has 1 amide bonds. The summed E-state index contributed by atoms with van der Waals surface area (Å²) in [6, 6.07) is 22.0. The highest BCUT2D eigenvalue weighted by molar-refractivity contribution is 7.92. The number of carboxylic acid groups (broad SMARTS) is 1. The summed E-state index contributed by atoms with van der Waals surface area (Å²) in [4.78, 5) is 22.0. The number of carbonyl (C=O) groups is 2. The average molecular weight is 549 g/mol. The van der Waals surface area contributed by atoms with E-state index in [0.717, 1.165) is 35.1 Å². The lowest BCUT2D eigenvalue weighted by Gasteiger charge is -2.17. The molecule has 4 rings (SSSR count). The first-order valence-electron chi connectivity index (χ1n) is 11.6. The molecule has 202 valence electrons. The topological polar surface area (TPSA) is 113 Å². The number of aryl methyl sites for hydroxylation is 2. The van der Waals surface area contributed by atoms with E-state index in [1.54, 1.807) is 30.3 Å². The number of nitrogens with one attached hydrogen (secondary N) is 2. The number of alkyl halides is 3. The minimum absolute atomic E-state index is 0.0137. The third kappa shape index (κ3) is 7.12. The fraction of sp³-hybridized carbons (Fsp3) is 0.259. The molecular weight excluding hydrogens is 521 g/mol. The van der Waals surface area contributed by atoms with Gasteiger partial charge in [0.2, 0.25) is 5.91 Å². The van der Waals surface area contributed by atoms with Crippen LogP contribution in [0.15, 0.2) is 77.7 Å². The standard InChI is InChI=1S/C25H26N2O3S.C2HF3O2/c1-18-8-13-23(16-19(18)2)31(29,30)27-22-11-9-21(10-12-22)25(14-15-25)24(28)26-17-20-6-4-3-5-7-20;3-2(4,5)1(6)7/h3-13,16,27H,14-15,17H2,1-2H3,(H,26,28);(H,6,7). The van der Waals surface area contributed by atoms with Crippen LogP contribution in [0.1, 0.15) is 35.1 Å². The molecule has 0 aromatic heterocycles. The highest BCUT2D eigenvalue weighted by Gasteiger charge is 2.51. The molecule has 0 aliphatic heterocycles. The van der Waals surface area contributed by atoms with E-state index in [-0.39, 0.29) is 10.8 Å². The van der Waals surface area contributed by atoms with Gasteiger partial charge in [0.05, 0.1) is 10.3 Å². The van der Waals surface area contributed by atoms with Gasteiger partial charge in [0.25, 0.3) is 10.0 Å². The first kappa shape index (κ1) is 28.7. The zero-order valence-corrected chi connectivity index (χ0v) is 21.5. The first-order chi connectivity index (χ1) is 17.7. The van der Waals surface area contributed by atoms with E-state index in [1.807, 2.05) is 56.3 Å². The summed E-state index contributed by atoms with van der Waals surface area (Å²) in [7, 11) is -3.67. The van der Waals surface area contributed by atoms with Crippen LogP contribution in [0.5, 0.6) is 0 Å². The maximum Gasteiger partial charge on any atom is 0.490 e. The van der Waals surface area contributed by atoms with Crippen molar-refractivity contribution < 1.29 is 36.3 Å². The van der Waals surface area contributed by atoms with E-state index < -0.39 is 27.6 Å². The number of benzene rings is 3. The second kappa shape index (κ2) is 11.3. The van der Waals surface area contributed by atoms with Gasteiger partial charge in [-0.15, -0.1) is 0 Å². The van der Waals surface area contributed by atoms with Gasteiger partial charge in [0, 0.05) is 12.2 Å². The number of sulfonamides is 1. The van der Waals surface area contributed by atoms with E-state index in [1.165, 1.54) is 0 Å². The monoisotopic (exact) mass is 548 g/mol. The molecule has 7 nitrogen and oxygen atoms in total. The highest BCUT2D eigenvalue weighted by Crippen LogP contribution is 2.48. The Kier molecular flexibility index (Phi) is 8.51. The molecule has 11 heteroatoms. The summed E-state index contributed by atoms with van der Waals surface area (Å²) >= 11 is 0. The maximum absolute atomic E-state index is 12.8. The Morgan fingerprint density at radius 2 is 1.50 bits per heavy atom. The van der Waals surface area contributed by atoms with Crippen LogP contribution in [0.4, 0.5) is 18.9 Å². The fourth-order valence-electron chi connectivity index (χ4n) is 3.67. The van der Waals surface area contributed by atoms with Crippen LogP contribution in [0, 0.1) is 13.8 Å². The molecular formula is C27H27F3N2O5S. The molecule has 0 unspecified atom stereocenters. The lowest BCUT2D eigenvalue weighted by Crippen LogP contribution is -2.34. The van der Waals surface area contributed by atoms with Gasteiger partial charge in [-0.1, -0.05) is 48.5 Å². The number of rotatable bonds is 7. The van der Waals surface area contributed by atoms with Crippen LogP contribution in [0.25, 0.3) is 0 Å². The van der Waals surface area contributed by atoms with Gasteiger partial charge in [-0.2, -0.15) is 13.2 Å². The molecule has 3 aromatic rings. The number of hydrogen-bond acceptors (Lipinski definition) is 4. The number of halogens is 3. The van der Waals surface area contributed by atoms with Gasteiger partial charge < -0.3 is 10.4 Å². The van der Waals surface area contributed by atoms with Crippen LogP contribution < -0.4 is 10.0 Å². The summed E-state index contributed by atoms with van der Waals surface area (Å²) in [6.45, 7) is 4.33. The third-order valence-corrected chi connectivity index (χ3v) is 7.58. The zero-order chi connectivity index (χ0) is 28.1. The minimum atomic E-state index is -5.08. The summed E-state index contributed by atoms with van der Waals surface area (Å²) in [6.07, 6.45) is -3.50. The molecule has 0 atom stereocenters. The highest BCUT2D eigenvalue weighted by atomic mass is 32.2. The molecule has 0 heterocycles. The van der Waals surface area contributed by atoms with Crippen molar-refractivity contribution in [2.45, 2.75) is 49.7 Å². The third-order valence-electron chi connectivity index (χ3n) is 6.20. The summed E-state index contributed by atoms with van der Waals surface area (Å²) in [5.74, 6) is -2.74. The normalized spacial score (nSPS) is 14.0. The van der Waals surface area contributed by atoms with Crippen molar-refractivity contribution in [1.29, 1.82) is 0 Å².